The van der Waals surface area contributed by atoms with Crippen molar-refractivity contribution in [1.29, 1.82) is 0 Å². The molecule has 0 aromatic rings. The minimum Gasteiger partial charge on any atom is -0.324 e. The molecule has 0 amide bonds. The fraction of sp³-hybridized carbons (Fsp3) is 1.00. The van der Waals surface area contributed by atoms with Gasteiger partial charge in [0.2, 0.25) is 0 Å². The van der Waals surface area contributed by atoms with Gasteiger partial charge >= 0.3 is 0 Å². The quantitative estimate of drug-likeness (QED) is 0.705. The maximum atomic E-state index is 5.69. The lowest BCUT2D eigenvalue weighted by atomic mass is 10.1. The Balaban J connectivity index is -0.000000245. The van der Waals surface area contributed by atoms with Gasteiger partial charge in [0.05, 0.1) is 0 Å². The molecular weight excluding hydrogens is 171 g/mol. The molecule has 0 aliphatic heterocycles. The van der Waals surface area contributed by atoms with E-state index < -0.39 is 0 Å². The Bertz CT molecular complexity index is 68.6. The molecule has 0 bridgehead atoms. The van der Waals surface area contributed by atoms with E-state index in [4.69, 9.17) is 5.73 Å². The highest BCUT2D eigenvalue weighted by Crippen LogP contribution is 1.95. The van der Waals surface area contributed by atoms with Gasteiger partial charge in [-0.3, -0.25) is 0 Å². The molecule has 10 heavy (non-hydrogen) atoms. The minimum atomic E-state index is -0.0521. The predicted octanol–water partition coefficient (Wildman–Crippen LogP) is 1.13. The third-order valence-electron chi connectivity index (χ3n) is 0.724. The highest BCUT2D eigenvalue weighted by Gasteiger charge is 2.10. The number of halogens is 2. The second-order valence-corrected chi connectivity index (χ2v) is 3.23. The summed E-state index contributed by atoms with van der Waals surface area (Å²) in [4.78, 5) is 2.08. The van der Waals surface area contributed by atoms with Crippen molar-refractivity contribution in [2.75, 3.05) is 20.6 Å². The summed E-state index contributed by atoms with van der Waals surface area (Å²) in [5.74, 6) is 0. The molecule has 0 saturated carbocycles. The van der Waals surface area contributed by atoms with E-state index >= 15 is 0 Å². The SMILES string of the molecule is CN(C)CC(C)(C)N.Cl.Cl. The molecule has 4 heteroatoms. The predicted molar refractivity (Wildman–Crippen MR) is 51.3 cm³/mol. The first-order valence-electron chi connectivity index (χ1n) is 2.85. The first-order valence-corrected chi connectivity index (χ1v) is 2.85. The molecule has 0 aliphatic rings. The third-order valence-corrected chi connectivity index (χ3v) is 0.724. The van der Waals surface area contributed by atoms with Crippen LogP contribution >= 0.6 is 24.8 Å². The van der Waals surface area contributed by atoms with Gasteiger partial charge in [0.1, 0.15) is 0 Å². The summed E-state index contributed by atoms with van der Waals surface area (Å²) in [5, 5.41) is 0. The molecule has 2 N–H and O–H groups in total. The van der Waals surface area contributed by atoms with Gasteiger partial charge in [0.15, 0.2) is 0 Å². The largest absolute Gasteiger partial charge is 0.324 e. The van der Waals surface area contributed by atoms with E-state index in [1.165, 1.54) is 0 Å². The van der Waals surface area contributed by atoms with Crippen molar-refractivity contribution in [3.63, 3.8) is 0 Å². The standard InChI is InChI=1S/C6H16N2.2ClH/c1-6(2,7)5-8(3)4;;/h5,7H2,1-4H3;2*1H. The Labute approximate surface area is 76.0 Å². The summed E-state index contributed by atoms with van der Waals surface area (Å²) < 4.78 is 0. The monoisotopic (exact) mass is 188 g/mol. The van der Waals surface area contributed by atoms with Crippen molar-refractivity contribution in [2.24, 2.45) is 5.73 Å². The van der Waals surface area contributed by atoms with Crippen LogP contribution in [-0.4, -0.2) is 31.1 Å². The van der Waals surface area contributed by atoms with Crippen LogP contribution < -0.4 is 5.73 Å². The Hall–Kier alpha value is 0.500. The maximum absolute atomic E-state index is 5.69. The summed E-state index contributed by atoms with van der Waals surface area (Å²) in [6, 6.07) is 0. The van der Waals surface area contributed by atoms with Crippen LogP contribution in [0.2, 0.25) is 0 Å². The smallest absolute Gasteiger partial charge is 0.0225 e. The lowest BCUT2D eigenvalue weighted by Crippen LogP contribution is -2.42. The summed E-state index contributed by atoms with van der Waals surface area (Å²) in [6.07, 6.45) is 0. The Morgan fingerprint density at radius 3 is 1.50 bits per heavy atom. The summed E-state index contributed by atoms with van der Waals surface area (Å²) in [7, 11) is 4.04. The third kappa shape index (κ3) is 15.8. The fourth-order valence-electron chi connectivity index (χ4n) is 0.815. The molecule has 0 fully saturated rings. The summed E-state index contributed by atoms with van der Waals surface area (Å²) in [5.41, 5.74) is 5.64. The van der Waals surface area contributed by atoms with Gasteiger partial charge < -0.3 is 10.6 Å². The van der Waals surface area contributed by atoms with E-state index in [2.05, 4.69) is 4.90 Å². The molecule has 0 heterocycles. The zero-order valence-electron chi connectivity index (χ0n) is 7.05. The average Bonchev–Trinajstić information content (AvgIpc) is 1.21. The number of nitrogens with two attached hydrogens (primary N) is 1. The summed E-state index contributed by atoms with van der Waals surface area (Å²) >= 11 is 0. The van der Waals surface area contributed by atoms with Gasteiger partial charge in [-0.05, 0) is 27.9 Å². The van der Waals surface area contributed by atoms with Crippen LogP contribution in [-0.2, 0) is 0 Å². The van der Waals surface area contributed by atoms with Crippen LogP contribution in [0.25, 0.3) is 0 Å². The van der Waals surface area contributed by atoms with Gasteiger partial charge in [-0.25, -0.2) is 0 Å². The summed E-state index contributed by atoms with van der Waals surface area (Å²) in [6.45, 7) is 4.98. The molecule has 0 atom stereocenters. The number of hydrogen-bond acceptors (Lipinski definition) is 2. The van der Waals surface area contributed by atoms with E-state index in [1.807, 2.05) is 27.9 Å². The zero-order chi connectivity index (χ0) is 6.78. The van der Waals surface area contributed by atoms with Crippen LogP contribution in [0.4, 0.5) is 0 Å². The molecule has 0 aliphatic carbocycles. The van der Waals surface area contributed by atoms with Crippen molar-refractivity contribution >= 4 is 24.8 Å². The molecular formula is C6H18Cl2N2. The molecule has 0 unspecified atom stereocenters. The van der Waals surface area contributed by atoms with Crippen molar-refractivity contribution < 1.29 is 0 Å². The van der Waals surface area contributed by atoms with Crippen molar-refractivity contribution in [2.45, 2.75) is 19.4 Å². The Morgan fingerprint density at radius 2 is 1.50 bits per heavy atom. The second-order valence-electron chi connectivity index (χ2n) is 3.23. The normalized spacial score (nSPS) is 10.2. The van der Waals surface area contributed by atoms with Crippen molar-refractivity contribution in [3.8, 4) is 0 Å². The van der Waals surface area contributed by atoms with Crippen LogP contribution in [0.5, 0.6) is 0 Å². The molecule has 0 saturated heterocycles. The molecule has 2 nitrogen and oxygen atoms in total. The van der Waals surface area contributed by atoms with Crippen LogP contribution in [0.15, 0.2) is 0 Å². The highest BCUT2D eigenvalue weighted by molar-refractivity contribution is 5.85. The topological polar surface area (TPSA) is 29.3 Å². The van der Waals surface area contributed by atoms with E-state index in [1.54, 1.807) is 0 Å². The van der Waals surface area contributed by atoms with E-state index in [9.17, 15) is 0 Å². The number of likely N-dealkylation sites (N-methyl/N-ethyl adjacent to an activating group) is 1. The average molecular weight is 189 g/mol. The molecule has 0 spiro atoms. The molecule has 66 valence electrons. The molecule has 0 aromatic carbocycles. The number of rotatable bonds is 2. The second kappa shape index (κ2) is 6.23. The van der Waals surface area contributed by atoms with Gasteiger partial charge in [-0.2, -0.15) is 0 Å². The highest BCUT2D eigenvalue weighted by atomic mass is 35.5. The zero-order valence-corrected chi connectivity index (χ0v) is 8.68. The minimum absolute atomic E-state index is 0. The van der Waals surface area contributed by atoms with E-state index in [0.29, 0.717) is 0 Å². The fourth-order valence-corrected chi connectivity index (χ4v) is 0.815. The van der Waals surface area contributed by atoms with Crippen molar-refractivity contribution in [1.82, 2.24) is 4.90 Å². The van der Waals surface area contributed by atoms with Crippen LogP contribution in [0.1, 0.15) is 13.8 Å². The Kier molecular flexibility index (Phi) is 10.5. The van der Waals surface area contributed by atoms with Crippen LogP contribution in [0, 0.1) is 0 Å². The maximum Gasteiger partial charge on any atom is 0.0225 e. The van der Waals surface area contributed by atoms with Gasteiger partial charge in [0.25, 0.3) is 0 Å². The Morgan fingerprint density at radius 1 is 1.20 bits per heavy atom. The van der Waals surface area contributed by atoms with Crippen LogP contribution in [0.3, 0.4) is 0 Å². The number of hydrogen-bond donors (Lipinski definition) is 1. The lowest BCUT2D eigenvalue weighted by Gasteiger charge is -2.22. The van der Waals surface area contributed by atoms with Gasteiger partial charge in [-0.15, -0.1) is 24.8 Å². The molecule has 0 aromatic heterocycles. The number of nitrogens with zero attached hydrogens (tertiary/aromatic N) is 1. The van der Waals surface area contributed by atoms with E-state index in [0.717, 1.165) is 6.54 Å². The lowest BCUT2D eigenvalue weighted by molar-refractivity contribution is 0.317. The molecule has 0 rings (SSSR count). The first-order chi connectivity index (χ1) is 3.42. The molecule has 0 radical (unpaired) electrons. The van der Waals surface area contributed by atoms with E-state index in [-0.39, 0.29) is 30.4 Å². The van der Waals surface area contributed by atoms with Gasteiger partial charge in [0, 0.05) is 12.1 Å². The first kappa shape index (κ1) is 16.8. The van der Waals surface area contributed by atoms with Gasteiger partial charge in [-0.1, -0.05) is 0 Å². The van der Waals surface area contributed by atoms with Crippen molar-refractivity contribution in [3.05, 3.63) is 0 Å².